The molecule has 6 nitrogen and oxygen atoms in total. The first-order chi connectivity index (χ1) is 8.50. The summed E-state index contributed by atoms with van der Waals surface area (Å²) in [6.07, 6.45) is 3.36. The highest BCUT2D eigenvalue weighted by molar-refractivity contribution is 6.06. The highest BCUT2D eigenvalue weighted by atomic mass is 16.3. The quantitative estimate of drug-likeness (QED) is 0.477. The van der Waals surface area contributed by atoms with E-state index in [2.05, 4.69) is 0 Å². The Kier molecular flexibility index (Phi) is 2.31. The van der Waals surface area contributed by atoms with Crippen LogP contribution in [0.15, 0.2) is 12.2 Å². The summed E-state index contributed by atoms with van der Waals surface area (Å²) in [4.78, 5) is 36.1. The van der Waals surface area contributed by atoms with E-state index < -0.39 is 12.0 Å². The number of β-amino-alcohol motifs (C(OH)–C–C–N with tert-alkyl or cyclic N) is 1. The van der Waals surface area contributed by atoms with E-state index in [1.807, 2.05) is 12.2 Å². The molecule has 96 valence electrons. The van der Waals surface area contributed by atoms with Crippen molar-refractivity contribution in [1.29, 1.82) is 0 Å². The number of nitrogens with zero attached hydrogens (tertiary/aromatic N) is 1. The lowest BCUT2D eigenvalue weighted by molar-refractivity contribution is -0.143. The van der Waals surface area contributed by atoms with E-state index in [1.165, 1.54) is 0 Å². The second kappa shape index (κ2) is 3.65. The number of aliphatic hydroxyl groups is 1. The fourth-order valence-corrected chi connectivity index (χ4v) is 3.41. The SMILES string of the molecule is NC(=O)C(O)CN1C(=O)C2C3C=CC(C3)C2C1=O. The first-order valence-electron chi connectivity index (χ1n) is 6.01. The molecule has 0 aromatic heterocycles. The van der Waals surface area contributed by atoms with Crippen molar-refractivity contribution in [3.05, 3.63) is 12.2 Å². The molecule has 1 aliphatic heterocycles. The van der Waals surface area contributed by atoms with Gasteiger partial charge in [0, 0.05) is 0 Å². The van der Waals surface area contributed by atoms with Crippen molar-refractivity contribution >= 4 is 17.7 Å². The normalized spacial score (nSPS) is 38.4. The van der Waals surface area contributed by atoms with Crippen LogP contribution >= 0.6 is 0 Å². The number of hydrogen-bond acceptors (Lipinski definition) is 4. The zero-order valence-corrected chi connectivity index (χ0v) is 9.65. The Morgan fingerprint density at radius 3 is 2.28 bits per heavy atom. The number of carbonyl (C=O) groups excluding carboxylic acids is 3. The lowest BCUT2D eigenvalue weighted by Gasteiger charge is -2.18. The van der Waals surface area contributed by atoms with Gasteiger partial charge in [-0.25, -0.2) is 0 Å². The van der Waals surface area contributed by atoms with Crippen molar-refractivity contribution in [2.75, 3.05) is 6.54 Å². The molecule has 3 rings (SSSR count). The third-order valence-electron chi connectivity index (χ3n) is 4.25. The molecule has 5 atom stereocenters. The van der Waals surface area contributed by atoms with Crippen LogP contribution in [0.2, 0.25) is 0 Å². The van der Waals surface area contributed by atoms with Gasteiger partial charge in [-0.3, -0.25) is 19.3 Å². The maximum atomic E-state index is 12.2. The number of rotatable bonds is 3. The molecule has 2 bridgehead atoms. The molecule has 0 aromatic rings. The molecule has 5 unspecified atom stereocenters. The monoisotopic (exact) mass is 250 g/mol. The summed E-state index contributed by atoms with van der Waals surface area (Å²) in [6.45, 7) is -0.320. The molecule has 1 heterocycles. The number of hydrogen-bond donors (Lipinski definition) is 2. The van der Waals surface area contributed by atoms with E-state index in [0.717, 1.165) is 11.3 Å². The Hall–Kier alpha value is -1.69. The number of allylic oxidation sites excluding steroid dienone is 2. The molecule has 2 aliphatic carbocycles. The number of carbonyl (C=O) groups is 3. The molecule has 0 spiro atoms. The molecular weight excluding hydrogens is 236 g/mol. The van der Waals surface area contributed by atoms with Crippen LogP contribution in [0, 0.1) is 23.7 Å². The van der Waals surface area contributed by atoms with Crippen LogP contribution in [0.4, 0.5) is 0 Å². The lowest BCUT2D eigenvalue weighted by atomic mass is 9.85. The zero-order valence-electron chi connectivity index (χ0n) is 9.65. The van der Waals surface area contributed by atoms with E-state index in [1.54, 1.807) is 0 Å². The fraction of sp³-hybridized carbons (Fsp3) is 0.583. The van der Waals surface area contributed by atoms with Gasteiger partial charge in [-0.1, -0.05) is 12.2 Å². The van der Waals surface area contributed by atoms with Crippen molar-refractivity contribution < 1.29 is 19.5 Å². The second-order valence-electron chi connectivity index (χ2n) is 5.21. The number of nitrogens with two attached hydrogens (primary N) is 1. The largest absolute Gasteiger partial charge is 0.381 e. The second-order valence-corrected chi connectivity index (χ2v) is 5.21. The first kappa shape index (κ1) is 11.4. The minimum Gasteiger partial charge on any atom is -0.381 e. The van der Waals surface area contributed by atoms with E-state index in [-0.39, 0.29) is 42.0 Å². The molecule has 18 heavy (non-hydrogen) atoms. The summed E-state index contributed by atoms with van der Waals surface area (Å²) < 4.78 is 0. The third-order valence-corrected chi connectivity index (χ3v) is 4.25. The number of likely N-dealkylation sites (tertiary alicyclic amines) is 1. The molecule has 0 aromatic carbocycles. The number of amides is 3. The van der Waals surface area contributed by atoms with Gasteiger partial charge in [0.15, 0.2) is 6.10 Å². The number of imide groups is 1. The van der Waals surface area contributed by atoms with Crippen molar-refractivity contribution in [1.82, 2.24) is 4.90 Å². The molecule has 6 heteroatoms. The lowest BCUT2D eigenvalue weighted by Crippen LogP contribution is -2.44. The van der Waals surface area contributed by atoms with Crippen LogP contribution in [-0.4, -0.2) is 40.4 Å². The Labute approximate surface area is 103 Å². The Morgan fingerprint density at radius 2 is 1.83 bits per heavy atom. The Balaban J connectivity index is 1.82. The van der Waals surface area contributed by atoms with Crippen molar-refractivity contribution in [3.8, 4) is 0 Å². The molecule has 2 fully saturated rings. The zero-order chi connectivity index (χ0) is 13.0. The Bertz CT molecular complexity index is 443. The summed E-state index contributed by atoms with van der Waals surface area (Å²) in [7, 11) is 0. The minimum atomic E-state index is -1.48. The van der Waals surface area contributed by atoms with Crippen LogP contribution in [-0.2, 0) is 14.4 Å². The highest BCUT2D eigenvalue weighted by Crippen LogP contribution is 2.52. The summed E-state index contributed by atoms with van der Waals surface area (Å²) in [5, 5.41) is 9.40. The number of fused-ring (bicyclic) bond motifs is 5. The third kappa shape index (κ3) is 1.35. The molecule has 0 radical (unpaired) electrons. The van der Waals surface area contributed by atoms with E-state index in [4.69, 9.17) is 5.73 Å². The summed E-state index contributed by atoms with van der Waals surface area (Å²) in [5.41, 5.74) is 4.94. The van der Waals surface area contributed by atoms with E-state index in [0.29, 0.717) is 0 Å². The smallest absolute Gasteiger partial charge is 0.248 e. The van der Waals surface area contributed by atoms with Gasteiger partial charge in [0.25, 0.3) is 0 Å². The molecule has 3 N–H and O–H groups in total. The topological polar surface area (TPSA) is 101 Å². The standard InChI is InChI=1S/C12H14N2O4/c13-10(16)7(15)4-14-11(17)8-5-1-2-6(3-5)9(8)12(14)18/h1-2,5-9,15H,3-4H2,(H2,13,16). The van der Waals surface area contributed by atoms with Gasteiger partial charge < -0.3 is 10.8 Å². The predicted octanol–water partition coefficient (Wildman–Crippen LogP) is -1.36. The first-order valence-corrected chi connectivity index (χ1v) is 6.01. The molecule has 3 amide bonds. The van der Waals surface area contributed by atoms with Crippen LogP contribution < -0.4 is 5.73 Å². The number of primary amides is 1. The van der Waals surface area contributed by atoms with Gasteiger partial charge in [-0.2, -0.15) is 0 Å². The van der Waals surface area contributed by atoms with Gasteiger partial charge in [0.1, 0.15) is 0 Å². The van der Waals surface area contributed by atoms with Gasteiger partial charge >= 0.3 is 0 Å². The van der Waals surface area contributed by atoms with Gasteiger partial charge in [-0.05, 0) is 18.3 Å². The summed E-state index contributed by atoms with van der Waals surface area (Å²) in [6, 6.07) is 0. The minimum absolute atomic E-state index is 0.132. The maximum absolute atomic E-state index is 12.2. The fourth-order valence-electron chi connectivity index (χ4n) is 3.41. The van der Waals surface area contributed by atoms with Crippen LogP contribution in [0.5, 0.6) is 0 Å². The van der Waals surface area contributed by atoms with Crippen molar-refractivity contribution in [2.45, 2.75) is 12.5 Å². The van der Waals surface area contributed by atoms with Gasteiger partial charge in [0.2, 0.25) is 17.7 Å². The Morgan fingerprint density at radius 1 is 1.33 bits per heavy atom. The van der Waals surface area contributed by atoms with Gasteiger partial charge in [-0.15, -0.1) is 0 Å². The average Bonchev–Trinajstić information content (AvgIpc) is 2.98. The molecule has 3 aliphatic rings. The van der Waals surface area contributed by atoms with Crippen LogP contribution in [0.25, 0.3) is 0 Å². The summed E-state index contributed by atoms with van der Waals surface area (Å²) in [5.74, 6) is -1.81. The molecule has 1 saturated heterocycles. The predicted molar refractivity (Wildman–Crippen MR) is 59.6 cm³/mol. The molecular formula is C12H14N2O4. The van der Waals surface area contributed by atoms with E-state index >= 15 is 0 Å². The maximum Gasteiger partial charge on any atom is 0.248 e. The average molecular weight is 250 g/mol. The summed E-state index contributed by atoms with van der Waals surface area (Å²) >= 11 is 0. The highest BCUT2D eigenvalue weighted by Gasteiger charge is 2.59. The van der Waals surface area contributed by atoms with Gasteiger partial charge in [0.05, 0.1) is 18.4 Å². The molecule has 1 saturated carbocycles. The van der Waals surface area contributed by atoms with Crippen molar-refractivity contribution in [3.63, 3.8) is 0 Å². The van der Waals surface area contributed by atoms with Crippen LogP contribution in [0.1, 0.15) is 6.42 Å². The van der Waals surface area contributed by atoms with Crippen LogP contribution in [0.3, 0.4) is 0 Å². The van der Waals surface area contributed by atoms with Crippen molar-refractivity contribution in [2.24, 2.45) is 29.4 Å². The number of aliphatic hydroxyl groups excluding tert-OH is 1. The van der Waals surface area contributed by atoms with E-state index in [9.17, 15) is 19.5 Å².